The highest BCUT2D eigenvalue weighted by Crippen LogP contribution is 2.12. The van der Waals surface area contributed by atoms with Gasteiger partial charge in [0.2, 0.25) is 5.88 Å². The molecule has 0 saturated carbocycles. The van der Waals surface area contributed by atoms with Gasteiger partial charge in [-0.3, -0.25) is 0 Å². The van der Waals surface area contributed by atoms with Crippen LogP contribution < -0.4 is 10.1 Å². The lowest BCUT2D eigenvalue weighted by molar-refractivity contribution is 0.0976. The molecule has 1 aromatic rings. The van der Waals surface area contributed by atoms with E-state index < -0.39 is 6.10 Å². The summed E-state index contributed by atoms with van der Waals surface area (Å²) < 4.78 is 5.33. The van der Waals surface area contributed by atoms with Crippen molar-refractivity contribution in [3.05, 3.63) is 23.9 Å². The smallest absolute Gasteiger partial charge is 0.231 e. The third kappa shape index (κ3) is 5.13. The fourth-order valence-electron chi connectivity index (χ4n) is 1.25. The molecule has 98 valence electrons. The van der Waals surface area contributed by atoms with Crippen molar-refractivity contribution >= 4 is 0 Å². The Bertz CT molecular complexity index is 421. The minimum atomic E-state index is -0.641. The number of nitriles is 1. The number of aliphatic hydroxyl groups is 1. The molecule has 2 N–H and O–H groups in total. The van der Waals surface area contributed by atoms with E-state index in [9.17, 15) is 5.11 Å². The topological polar surface area (TPSA) is 78.2 Å². The molecule has 0 saturated heterocycles. The average Bonchev–Trinajstić information content (AvgIpc) is 2.33. The van der Waals surface area contributed by atoms with Gasteiger partial charge in [-0.1, -0.05) is 0 Å². The minimum absolute atomic E-state index is 0.0518. The Morgan fingerprint density at radius 3 is 2.89 bits per heavy atom. The molecule has 18 heavy (non-hydrogen) atoms. The Balaban J connectivity index is 2.43. The number of hydrogen-bond acceptors (Lipinski definition) is 5. The lowest BCUT2D eigenvalue weighted by Gasteiger charge is -2.22. The molecule has 0 spiro atoms. The Hall–Kier alpha value is -1.64. The highest BCUT2D eigenvalue weighted by atomic mass is 16.5. The first-order valence-electron chi connectivity index (χ1n) is 5.83. The van der Waals surface area contributed by atoms with Gasteiger partial charge in [-0.05, 0) is 32.9 Å². The minimum Gasteiger partial charge on any atom is -0.474 e. The largest absolute Gasteiger partial charge is 0.474 e. The molecule has 5 heteroatoms. The van der Waals surface area contributed by atoms with Crippen LogP contribution in [-0.2, 0) is 0 Å². The summed E-state index contributed by atoms with van der Waals surface area (Å²) in [6.07, 6.45) is 0.911. The van der Waals surface area contributed by atoms with E-state index in [-0.39, 0.29) is 18.0 Å². The SMILES string of the molecule is CC(C)(C)NC[C@@H](O)COc1ncccc1C#N. The molecular formula is C13H19N3O2. The molecule has 0 amide bonds. The normalized spacial score (nSPS) is 12.8. The van der Waals surface area contributed by atoms with Crippen molar-refractivity contribution in [2.45, 2.75) is 32.4 Å². The monoisotopic (exact) mass is 249 g/mol. The predicted molar refractivity (Wildman–Crippen MR) is 68.2 cm³/mol. The number of nitrogens with one attached hydrogen (secondary N) is 1. The first-order valence-corrected chi connectivity index (χ1v) is 5.83. The van der Waals surface area contributed by atoms with Crippen LogP contribution in [0.1, 0.15) is 26.3 Å². The van der Waals surface area contributed by atoms with E-state index in [4.69, 9.17) is 10.00 Å². The van der Waals surface area contributed by atoms with Gasteiger partial charge in [0.1, 0.15) is 24.3 Å². The van der Waals surface area contributed by atoms with Crippen molar-refractivity contribution in [3.8, 4) is 11.9 Å². The van der Waals surface area contributed by atoms with Gasteiger partial charge in [0.25, 0.3) is 0 Å². The van der Waals surface area contributed by atoms with Gasteiger partial charge in [0.15, 0.2) is 0 Å². The number of pyridine rings is 1. The molecule has 0 aromatic carbocycles. The van der Waals surface area contributed by atoms with E-state index in [1.54, 1.807) is 18.3 Å². The summed E-state index contributed by atoms with van der Waals surface area (Å²) in [5, 5.41) is 21.8. The van der Waals surface area contributed by atoms with Gasteiger partial charge in [-0.15, -0.1) is 0 Å². The molecule has 0 fully saturated rings. The Morgan fingerprint density at radius 2 is 2.28 bits per heavy atom. The number of nitrogens with zero attached hydrogens (tertiary/aromatic N) is 2. The van der Waals surface area contributed by atoms with Crippen molar-refractivity contribution in [1.82, 2.24) is 10.3 Å². The molecule has 0 aliphatic carbocycles. The van der Waals surface area contributed by atoms with Crippen LogP contribution in [0, 0.1) is 11.3 Å². The number of rotatable bonds is 5. The van der Waals surface area contributed by atoms with E-state index in [2.05, 4.69) is 10.3 Å². The standard InChI is InChI=1S/C13H19N3O2/c1-13(2,3)16-8-11(17)9-18-12-10(7-14)5-4-6-15-12/h4-6,11,16-17H,8-9H2,1-3H3/t11-/m1/s1. The molecule has 0 radical (unpaired) electrons. The fourth-order valence-corrected chi connectivity index (χ4v) is 1.25. The van der Waals surface area contributed by atoms with Gasteiger partial charge >= 0.3 is 0 Å². The number of ether oxygens (including phenoxy) is 1. The number of β-amino-alcohol motifs (C(OH)–C–C–N with tert-alkyl or cyclic N) is 1. The molecule has 0 aliphatic rings. The summed E-state index contributed by atoms with van der Waals surface area (Å²) in [4.78, 5) is 3.95. The molecule has 1 heterocycles. The van der Waals surface area contributed by atoms with Crippen LogP contribution in [0.5, 0.6) is 5.88 Å². The van der Waals surface area contributed by atoms with E-state index in [0.717, 1.165) is 0 Å². The number of hydrogen-bond donors (Lipinski definition) is 2. The van der Waals surface area contributed by atoms with E-state index in [1.807, 2.05) is 26.8 Å². The van der Waals surface area contributed by atoms with Crippen molar-refractivity contribution in [2.24, 2.45) is 0 Å². The van der Waals surface area contributed by atoms with Gasteiger partial charge in [-0.25, -0.2) is 4.98 Å². The van der Waals surface area contributed by atoms with E-state index in [1.165, 1.54) is 0 Å². The van der Waals surface area contributed by atoms with Crippen molar-refractivity contribution in [1.29, 1.82) is 5.26 Å². The molecule has 1 rings (SSSR count). The molecular weight excluding hydrogens is 230 g/mol. The predicted octanol–water partition coefficient (Wildman–Crippen LogP) is 1.08. The van der Waals surface area contributed by atoms with Crippen LogP contribution in [0.15, 0.2) is 18.3 Å². The Labute approximate surface area is 107 Å². The highest BCUT2D eigenvalue weighted by molar-refractivity contribution is 5.36. The lowest BCUT2D eigenvalue weighted by atomic mass is 10.1. The highest BCUT2D eigenvalue weighted by Gasteiger charge is 2.13. The second-order valence-electron chi connectivity index (χ2n) is 5.06. The summed E-state index contributed by atoms with van der Waals surface area (Å²) >= 11 is 0. The zero-order valence-corrected chi connectivity index (χ0v) is 11.0. The molecule has 0 aliphatic heterocycles. The van der Waals surface area contributed by atoms with Crippen molar-refractivity contribution in [2.75, 3.05) is 13.2 Å². The first kappa shape index (κ1) is 14.4. The zero-order chi connectivity index (χ0) is 13.6. The molecule has 1 atom stereocenters. The number of aliphatic hydroxyl groups excluding tert-OH is 1. The zero-order valence-electron chi connectivity index (χ0n) is 11.0. The third-order valence-electron chi connectivity index (χ3n) is 2.17. The molecule has 0 unspecified atom stereocenters. The van der Waals surface area contributed by atoms with Crippen molar-refractivity contribution in [3.63, 3.8) is 0 Å². The molecule has 0 bridgehead atoms. The fraction of sp³-hybridized carbons (Fsp3) is 0.538. The van der Waals surface area contributed by atoms with Crippen LogP contribution in [-0.4, -0.2) is 34.9 Å². The maximum atomic E-state index is 9.74. The van der Waals surface area contributed by atoms with Gasteiger partial charge < -0.3 is 15.2 Å². The molecule has 5 nitrogen and oxygen atoms in total. The first-order chi connectivity index (χ1) is 8.42. The van der Waals surface area contributed by atoms with Crippen LogP contribution in [0.2, 0.25) is 0 Å². The third-order valence-corrected chi connectivity index (χ3v) is 2.17. The van der Waals surface area contributed by atoms with Crippen LogP contribution in [0.25, 0.3) is 0 Å². The summed E-state index contributed by atoms with van der Waals surface area (Å²) in [5.74, 6) is 0.259. The summed E-state index contributed by atoms with van der Waals surface area (Å²) in [5.41, 5.74) is 0.317. The van der Waals surface area contributed by atoms with E-state index >= 15 is 0 Å². The summed E-state index contributed by atoms with van der Waals surface area (Å²) in [6, 6.07) is 5.29. The Morgan fingerprint density at radius 1 is 1.56 bits per heavy atom. The van der Waals surface area contributed by atoms with Gasteiger partial charge in [-0.2, -0.15) is 5.26 Å². The van der Waals surface area contributed by atoms with Crippen molar-refractivity contribution < 1.29 is 9.84 Å². The van der Waals surface area contributed by atoms with Gasteiger partial charge in [0.05, 0.1) is 0 Å². The van der Waals surface area contributed by atoms with Crippen LogP contribution in [0.3, 0.4) is 0 Å². The second kappa shape index (κ2) is 6.34. The maximum Gasteiger partial charge on any atom is 0.231 e. The quantitative estimate of drug-likeness (QED) is 0.816. The average molecular weight is 249 g/mol. The summed E-state index contributed by atoms with van der Waals surface area (Å²) in [7, 11) is 0. The molecule has 1 aromatic heterocycles. The lowest BCUT2D eigenvalue weighted by Crippen LogP contribution is -2.42. The second-order valence-corrected chi connectivity index (χ2v) is 5.06. The van der Waals surface area contributed by atoms with Crippen LogP contribution in [0.4, 0.5) is 0 Å². The summed E-state index contributed by atoms with van der Waals surface area (Å²) in [6.45, 7) is 6.60. The van der Waals surface area contributed by atoms with Gasteiger partial charge in [0, 0.05) is 18.3 Å². The van der Waals surface area contributed by atoms with E-state index in [0.29, 0.717) is 12.1 Å². The Kier molecular flexibility index (Phi) is 5.08. The number of aromatic nitrogens is 1. The van der Waals surface area contributed by atoms with Crippen LogP contribution >= 0.6 is 0 Å². The maximum absolute atomic E-state index is 9.74.